The second-order valence-electron chi connectivity index (χ2n) is 4.95. The molecule has 0 radical (unpaired) electrons. The highest BCUT2D eigenvalue weighted by molar-refractivity contribution is 7.89. The lowest BCUT2D eigenvalue weighted by Gasteiger charge is -2.10. The molecule has 0 saturated carbocycles. The molecule has 120 valence electrons. The third-order valence-electron chi connectivity index (χ3n) is 2.82. The summed E-state index contributed by atoms with van der Waals surface area (Å²) >= 11 is 0. The van der Waals surface area contributed by atoms with Crippen LogP contribution < -0.4 is 9.46 Å². The van der Waals surface area contributed by atoms with Crippen molar-refractivity contribution in [2.75, 3.05) is 40.4 Å². The van der Waals surface area contributed by atoms with Crippen LogP contribution in [0.4, 0.5) is 0 Å². The molecule has 7 heteroatoms. The zero-order chi connectivity index (χ0) is 15.7. The summed E-state index contributed by atoms with van der Waals surface area (Å²) in [4.78, 5) is 2.28. The largest absolute Gasteiger partial charge is 0.491 e. The van der Waals surface area contributed by atoms with E-state index in [1.807, 2.05) is 14.1 Å². The van der Waals surface area contributed by atoms with Gasteiger partial charge in [0.15, 0.2) is 0 Å². The van der Waals surface area contributed by atoms with Crippen molar-refractivity contribution in [2.24, 2.45) is 0 Å². The molecule has 0 aliphatic heterocycles. The van der Waals surface area contributed by atoms with Crippen molar-refractivity contribution in [3.63, 3.8) is 0 Å². The minimum atomic E-state index is -3.47. The Balaban J connectivity index is 2.46. The number of unbranched alkanes of at least 4 members (excludes halogenated alkanes) is 1. The van der Waals surface area contributed by atoms with Crippen LogP contribution in [0.5, 0.6) is 5.75 Å². The number of benzene rings is 1. The molecule has 0 spiro atoms. The highest BCUT2D eigenvalue weighted by Crippen LogP contribution is 2.15. The van der Waals surface area contributed by atoms with Crippen LogP contribution in [0.25, 0.3) is 0 Å². The van der Waals surface area contributed by atoms with E-state index in [-0.39, 0.29) is 18.1 Å². The number of hydrogen-bond donors (Lipinski definition) is 2. The zero-order valence-corrected chi connectivity index (χ0v) is 13.4. The fourth-order valence-electron chi connectivity index (χ4n) is 1.72. The minimum Gasteiger partial charge on any atom is -0.491 e. The van der Waals surface area contributed by atoms with Gasteiger partial charge < -0.3 is 14.7 Å². The predicted molar refractivity (Wildman–Crippen MR) is 82.0 cm³/mol. The number of ether oxygens (including phenoxy) is 1. The molecule has 1 aromatic carbocycles. The van der Waals surface area contributed by atoms with Crippen molar-refractivity contribution < 1.29 is 18.3 Å². The first-order valence-corrected chi connectivity index (χ1v) is 8.42. The van der Waals surface area contributed by atoms with Crippen molar-refractivity contribution in [3.05, 3.63) is 24.3 Å². The van der Waals surface area contributed by atoms with Gasteiger partial charge in [-0.1, -0.05) is 0 Å². The van der Waals surface area contributed by atoms with Crippen molar-refractivity contribution in [1.82, 2.24) is 9.62 Å². The Bertz CT molecular complexity index is 500. The fraction of sp³-hybridized carbons (Fsp3) is 0.571. The summed E-state index contributed by atoms with van der Waals surface area (Å²) < 4.78 is 31.9. The maximum atomic E-state index is 12.1. The lowest BCUT2D eigenvalue weighted by molar-refractivity contribution is 0.201. The van der Waals surface area contributed by atoms with Gasteiger partial charge in [-0.05, 0) is 57.7 Å². The molecular weight excluding hydrogens is 292 g/mol. The monoisotopic (exact) mass is 316 g/mol. The SMILES string of the molecule is CN(C)CCCCNS(=O)(=O)c1ccc(OCCO)cc1. The van der Waals surface area contributed by atoms with E-state index in [9.17, 15) is 8.42 Å². The molecule has 0 atom stereocenters. The van der Waals surface area contributed by atoms with Crippen LogP contribution in [0.1, 0.15) is 12.8 Å². The Kier molecular flexibility index (Phi) is 7.66. The number of nitrogens with zero attached hydrogens (tertiary/aromatic N) is 1. The Morgan fingerprint density at radius 2 is 1.86 bits per heavy atom. The maximum Gasteiger partial charge on any atom is 0.240 e. The zero-order valence-electron chi connectivity index (χ0n) is 12.6. The van der Waals surface area contributed by atoms with E-state index in [4.69, 9.17) is 9.84 Å². The van der Waals surface area contributed by atoms with E-state index in [1.54, 1.807) is 12.1 Å². The topological polar surface area (TPSA) is 78.9 Å². The van der Waals surface area contributed by atoms with E-state index in [1.165, 1.54) is 12.1 Å². The third kappa shape index (κ3) is 6.90. The van der Waals surface area contributed by atoms with E-state index in [0.717, 1.165) is 19.4 Å². The van der Waals surface area contributed by atoms with Gasteiger partial charge in [0.2, 0.25) is 10.0 Å². The van der Waals surface area contributed by atoms with Gasteiger partial charge in [0.25, 0.3) is 0 Å². The van der Waals surface area contributed by atoms with Crippen molar-refractivity contribution in [2.45, 2.75) is 17.7 Å². The summed E-state index contributed by atoms with van der Waals surface area (Å²) in [6.45, 7) is 1.49. The van der Waals surface area contributed by atoms with Gasteiger partial charge in [-0.3, -0.25) is 0 Å². The molecule has 0 aromatic heterocycles. The molecule has 0 saturated heterocycles. The second-order valence-corrected chi connectivity index (χ2v) is 6.72. The van der Waals surface area contributed by atoms with Gasteiger partial charge in [0.05, 0.1) is 11.5 Å². The molecule has 1 aromatic rings. The number of rotatable bonds is 10. The molecule has 0 aliphatic carbocycles. The Morgan fingerprint density at radius 3 is 2.43 bits per heavy atom. The first-order valence-electron chi connectivity index (χ1n) is 6.94. The van der Waals surface area contributed by atoms with E-state index < -0.39 is 10.0 Å². The second kappa shape index (κ2) is 8.99. The number of aliphatic hydroxyl groups excluding tert-OH is 1. The first-order chi connectivity index (χ1) is 9.95. The molecule has 0 heterocycles. The van der Waals surface area contributed by atoms with Crippen LogP contribution in [-0.4, -0.2) is 58.8 Å². The Labute approximate surface area is 126 Å². The average molecular weight is 316 g/mol. The van der Waals surface area contributed by atoms with E-state index in [2.05, 4.69) is 9.62 Å². The minimum absolute atomic E-state index is 0.0748. The average Bonchev–Trinajstić information content (AvgIpc) is 2.44. The van der Waals surface area contributed by atoms with Crippen LogP contribution in [0.2, 0.25) is 0 Å². The van der Waals surface area contributed by atoms with Crippen molar-refractivity contribution in [3.8, 4) is 5.75 Å². The summed E-state index contributed by atoms with van der Waals surface area (Å²) in [6.07, 6.45) is 1.75. The van der Waals surface area contributed by atoms with Crippen LogP contribution in [-0.2, 0) is 10.0 Å². The number of sulfonamides is 1. The smallest absolute Gasteiger partial charge is 0.240 e. The summed E-state index contributed by atoms with van der Waals surface area (Å²) in [5.41, 5.74) is 0. The molecule has 0 amide bonds. The Hall–Kier alpha value is -1.15. The molecule has 0 bridgehead atoms. The Morgan fingerprint density at radius 1 is 1.19 bits per heavy atom. The summed E-state index contributed by atoms with van der Waals surface area (Å²) in [7, 11) is 0.515. The van der Waals surface area contributed by atoms with Gasteiger partial charge in [0, 0.05) is 6.54 Å². The molecule has 0 unspecified atom stereocenters. The first kappa shape index (κ1) is 17.9. The third-order valence-corrected chi connectivity index (χ3v) is 4.30. The van der Waals surface area contributed by atoms with Crippen LogP contribution >= 0.6 is 0 Å². The molecule has 21 heavy (non-hydrogen) atoms. The number of hydrogen-bond acceptors (Lipinski definition) is 5. The van der Waals surface area contributed by atoms with Gasteiger partial charge in [-0.2, -0.15) is 0 Å². The quantitative estimate of drug-likeness (QED) is 0.621. The van der Waals surface area contributed by atoms with Gasteiger partial charge in [-0.25, -0.2) is 13.1 Å². The number of nitrogens with one attached hydrogen (secondary N) is 1. The van der Waals surface area contributed by atoms with Crippen molar-refractivity contribution >= 4 is 10.0 Å². The van der Waals surface area contributed by atoms with Crippen molar-refractivity contribution in [1.29, 1.82) is 0 Å². The van der Waals surface area contributed by atoms with E-state index in [0.29, 0.717) is 12.3 Å². The summed E-state index contributed by atoms with van der Waals surface area (Å²) in [5.74, 6) is 0.536. The fourth-order valence-corrected chi connectivity index (χ4v) is 2.80. The summed E-state index contributed by atoms with van der Waals surface area (Å²) in [6, 6.07) is 6.15. The van der Waals surface area contributed by atoms with Crippen LogP contribution in [0.15, 0.2) is 29.2 Å². The normalized spacial score (nSPS) is 11.8. The molecular formula is C14H24N2O4S. The van der Waals surface area contributed by atoms with Crippen LogP contribution in [0, 0.1) is 0 Å². The molecule has 2 N–H and O–H groups in total. The highest BCUT2D eigenvalue weighted by Gasteiger charge is 2.13. The van der Waals surface area contributed by atoms with E-state index >= 15 is 0 Å². The number of aliphatic hydroxyl groups is 1. The maximum absolute atomic E-state index is 12.1. The van der Waals surface area contributed by atoms with Crippen LogP contribution in [0.3, 0.4) is 0 Å². The predicted octanol–water partition coefficient (Wildman–Crippen LogP) is 0.678. The van der Waals surface area contributed by atoms with Gasteiger partial charge in [0.1, 0.15) is 12.4 Å². The van der Waals surface area contributed by atoms with Gasteiger partial charge >= 0.3 is 0 Å². The molecule has 0 aliphatic rings. The molecule has 0 fully saturated rings. The van der Waals surface area contributed by atoms with Gasteiger partial charge in [-0.15, -0.1) is 0 Å². The lowest BCUT2D eigenvalue weighted by atomic mass is 10.3. The highest BCUT2D eigenvalue weighted by atomic mass is 32.2. The molecule has 6 nitrogen and oxygen atoms in total. The molecule has 1 rings (SSSR count). The lowest BCUT2D eigenvalue weighted by Crippen LogP contribution is -2.25. The standard InChI is InChI=1S/C14H24N2O4S/c1-16(2)10-4-3-9-15-21(18,19)14-7-5-13(6-8-14)20-12-11-17/h5-8,15,17H,3-4,9-12H2,1-2H3. The summed E-state index contributed by atoms with van der Waals surface area (Å²) in [5, 5.41) is 8.65.